The van der Waals surface area contributed by atoms with Gasteiger partial charge in [0.1, 0.15) is 5.82 Å². The molecule has 0 N–H and O–H groups in total. The van der Waals surface area contributed by atoms with Crippen LogP contribution in [0.25, 0.3) is 0 Å². The van der Waals surface area contributed by atoms with Crippen LogP contribution in [0, 0.1) is 11.7 Å². The first-order chi connectivity index (χ1) is 8.24. The Bertz CT molecular complexity index is 446. The number of carbonyl (C=O) groups excluding carboxylic acids is 1. The molecule has 0 spiro atoms. The lowest BCUT2D eigenvalue weighted by Gasteiger charge is -2.25. The number of Topliss-reactive ketones (excluding diaryl/α,β-unsaturated/α-hetero) is 1. The molecule has 1 saturated carbocycles. The number of benzene rings is 1. The van der Waals surface area contributed by atoms with E-state index in [1.54, 1.807) is 18.2 Å². The van der Waals surface area contributed by atoms with Crippen molar-refractivity contribution in [2.24, 2.45) is 5.92 Å². The van der Waals surface area contributed by atoms with Gasteiger partial charge in [-0.15, -0.1) is 0 Å². The second-order valence-electron chi connectivity index (χ2n) is 5.17. The van der Waals surface area contributed by atoms with Gasteiger partial charge in [-0.2, -0.15) is 0 Å². The molecule has 1 aliphatic carbocycles. The third-order valence-electron chi connectivity index (χ3n) is 4.04. The van der Waals surface area contributed by atoms with E-state index in [1.165, 1.54) is 25.3 Å². The summed E-state index contributed by atoms with van der Waals surface area (Å²) in [5.41, 5.74) is 0.232. The fourth-order valence-corrected chi connectivity index (χ4v) is 3.18. The number of carbonyl (C=O) groups is 1. The number of hydrogen-bond acceptors (Lipinski definition) is 2. The Morgan fingerprint density at radius 1 is 1.35 bits per heavy atom. The number of piperidine rings is 1. The van der Waals surface area contributed by atoms with Crippen LogP contribution in [0.15, 0.2) is 24.3 Å². The molecule has 90 valence electrons. The summed E-state index contributed by atoms with van der Waals surface area (Å²) in [5.74, 6) is 0.283. The third kappa shape index (κ3) is 2.00. The molecule has 0 amide bonds. The van der Waals surface area contributed by atoms with E-state index in [-0.39, 0.29) is 11.3 Å². The minimum atomic E-state index is -0.401. The van der Waals surface area contributed by atoms with Crippen LogP contribution in [-0.2, 0) is 0 Å². The molecule has 3 rings (SSSR count). The van der Waals surface area contributed by atoms with Gasteiger partial charge in [0, 0.05) is 12.6 Å². The Hall–Kier alpha value is -1.22. The Morgan fingerprint density at radius 2 is 2.18 bits per heavy atom. The van der Waals surface area contributed by atoms with Gasteiger partial charge in [0.05, 0.1) is 12.1 Å². The number of hydrogen-bond donors (Lipinski definition) is 0. The highest BCUT2D eigenvalue weighted by Gasteiger charge is 2.38. The van der Waals surface area contributed by atoms with Gasteiger partial charge in [-0.25, -0.2) is 4.39 Å². The lowest BCUT2D eigenvalue weighted by atomic mass is 10.1. The topological polar surface area (TPSA) is 20.3 Å². The average Bonchev–Trinajstić information content (AvgIpc) is 2.91. The van der Waals surface area contributed by atoms with Crippen LogP contribution in [0.5, 0.6) is 0 Å². The van der Waals surface area contributed by atoms with Gasteiger partial charge in [-0.1, -0.05) is 12.1 Å². The predicted molar refractivity (Wildman–Crippen MR) is 63.4 cm³/mol. The molecule has 1 saturated heterocycles. The van der Waals surface area contributed by atoms with E-state index < -0.39 is 5.82 Å². The maximum atomic E-state index is 13.5. The van der Waals surface area contributed by atoms with Crippen molar-refractivity contribution >= 4 is 5.78 Å². The van der Waals surface area contributed by atoms with Gasteiger partial charge >= 0.3 is 0 Å². The van der Waals surface area contributed by atoms with Crippen LogP contribution in [0.4, 0.5) is 4.39 Å². The first-order valence-electron chi connectivity index (χ1n) is 6.26. The van der Waals surface area contributed by atoms with Crippen molar-refractivity contribution in [3.8, 4) is 0 Å². The number of halogens is 1. The predicted octanol–water partition coefficient (Wildman–Crippen LogP) is 2.49. The van der Waals surface area contributed by atoms with Crippen LogP contribution in [0.2, 0.25) is 0 Å². The minimum absolute atomic E-state index is 0.0874. The summed E-state index contributed by atoms with van der Waals surface area (Å²) in [6, 6.07) is 6.82. The quantitative estimate of drug-likeness (QED) is 0.748. The molecular weight excluding hydrogens is 217 g/mol. The second kappa shape index (κ2) is 4.22. The van der Waals surface area contributed by atoms with Gasteiger partial charge in [-0.05, 0) is 37.3 Å². The lowest BCUT2D eigenvalue weighted by molar-refractivity contribution is 0.0901. The van der Waals surface area contributed by atoms with Crippen molar-refractivity contribution in [2.45, 2.75) is 25.3 Å². The average molecular weight is 233 g/mol. The SMILES string of the molecule is O=C(CN1CC2CCC1C2)c1ccccc1F. The van der Waals surface area contributed by atoms with Gasteiger partial charge < -0.3 is 0 Å². The van der Waals surface area contributed by atoms with E-state index in [4.69, 9.17) is 0 Å². The highest BCUT2D eigenvalue weighted by molar-refractivity contribution is 5.97. The molecule has 1 heterocycles. The van der Waals surface area contributed by atoms with Crippen molar-refractivity contribution in [2.75, 3.05) is 13.1 Å². The maximum absolute atomic E-state index is 13.5. The first-order valence-corrected chi connectivity index (χ1v) is 6.26. The summed E-state index contributed by atoms with van der Waals surface area (Å²) in [7, 11) is 0. The molecule has 2 fully saturated rings. The van der Waals surface area contributed by atoms with Gasteiger partial charge in [-0.3, -0.25) is 9.69 Å². The summed E-state index contributed by atoms with van der Waals surface area (Å²) in [6.07, 6.45) is 3.73. The molecule has 0 radical (unpaired) electrons. The molecule has 3 heteroatoms. The minimum Gasteiger partial charge on any atom is -0.293 e. The standard InChI is InChI=1S/C14H16FNO/c15-13-4-2-1-3-12(13)14(17)9-16-8-10-5-6-11(16)7-10/h1-4,10-11H,5-9H2. The van der Waals surface area contributed by atoms with Crippen molar-refractivity contribution in [3.05, 3.63) is 35.6 Å². The smallest absolute Gasteiger partial charge is 0.179 e. The summed E-state index contributed by atoms with van der Waals surface area (Å²) in [5, 5.41) is 0. The zero-order valence-corrected chi connectivity index (χ0v) is 9.73. The Balaban J connectivity index is 1.70. The highest BCUT2D eigenvalue weighted by Crippen LogP contribution is 2.37. The van der Waals surface area contributed by atoms with E-state index >= 15 is 0 Å². The summed E-state index contributed by atoms with van der Waals surface area (Å²) >= 11 is 0. The van der Waals surface area contributed by atoms with Crippen molar-refractivity contribution in [3.63, 3.8) is 0 Å². The Morgan fingerprint density at radius 3 is 2.82 bits per heavy atom. The van der Waals surface area contributed by atoms with Crippen LogP contribution < -0.4 is 0 Å². The largest absolute Gasteiger partial charge is 0.293 e. The van der Waals surface area contributed by atoms with Crippen molar-refractivity contribution in [1.82, 2.24) is 4.90 Å². The molecule has 1 aliphatic heterocycles. The van der Waals surface area contributed by atoms with E-state index in [9.17, 15) is 9.18 Å². The maximum Gasteiger partial charge on any atom is 0.179 e. The van der Waals surface area contributed by atoms with Crippen LogP contribution in [0.1, 0.15) is 29.6 Å². The Kier molecular flexibility index (Phi) is 2.71. The molecule has 1 aromatic rings. The van der Waals surface area contributed by atoms with Crippen molar-refractivity contribution < 1.29 is 9.18 Å². The number of rotatable bonds is 3. The molecule has 2 nitrogen and oxygen atoms in total. The fraction of sp³-hybridized carbons (Fsp3) is 0.500. The molecule has 1 aromatic carbocycles. The monoisotopic (exact) mass is 233 g/mol. The number of likely N-dealkylation sites (tertiary alicyclic amines) is 1. The van der Waals surface area contributed by atoms with E-state index in [2.05, 4.69) is 4.90 Å². The van der Waals surface area contributed by atoms with E-state index in [1.807, 2.05) is 0 Å². The zero-order chi connectivity index (χ0) is 11.8. The highest BCUT2D eigenvalue weighted by atomic mass is 19.1. The van der Waals surface area contributed by atoms with E-state index in [0.717, 1.165) is 12.5 Å². The number of fused-ring (bicyclic) bond motifs is 2. The van der Waals surface area contributed by atoms with E-state index in [0.29, 0.717) is 12.6 Å². The fourth-order valence-electron chi connectivity index (χ4n) is 3.18. The van der Waals surface area contributed by atoms with Gasteiger partial charge in [0.15, 0.2) is 5.78 Å². The molecule has 2 atom stereocenters. The van der Waals surface area contributed by atoms with Crippen LogP contribution in [0.3, 0.4) is 0 Å². The summed E-state index contributed by atoms with van der Waals surface area (Å²) in [4.78, 5) is 14.2. The van der Waals surface area contributed by atoms with Gasteiger partial charge in [0.25, 0.3) is 0 Å². The van der Waals surface area contributed by atoms with Crippen LogP contribution in [-0.4, -0.2) is 29.8 Å². The first kappa shape index (κ1) is 10.9. The molecule has 17 heavy (non-hydrogen) atoms. The van der Waals surface area contributed by atoms with Gasteiger partial charge in [0.2, 0.25) is 0 Å². The normalized spacial score (nSPS) is 27.6. The molecule has 2 aliphatic rings. The number of nitrogens with zero attached hydrogens (tertiary/aromatic N) is 1. The zero-order valence-electron chi connectivity index (χ0n) is 9.73. The summed E-state index contributed by atoms with van der Waals surface area (Å²) < 4.78 is 13.5. The molecule has 2 bridgehead atoms. The molecule has 0 aromatic heterocycles. The van der Waals surface area contributed by atoms with Crippen LogP contribution >= 0.6 is 0 Å². The lowest BCUT2D eigenvalue weighted by Crippen LogP contribution is -2.36. The molecular formula is C14H16FNO. The third-order valence-corrected chi connectivity index (χ3v) is 4.04. The van der Waals surface area contributed by atoms with Crippen molar-refractivity contribution in [1.29, 1.82) is 0 Å². The molecule has 2 unspecified atom stereocenters. The number of ketones is 1. The Labute approximate surface area is 100 Å². The second-order valence-corrected chi connectivity index (χ2v) is 5.17. The summed E-state index contributed by atoms with van der Waals surface area (Å²) in [6.45, 7) is 1.40.